The lowest BCUT2D eigenvalue weighted by molar-refractivity contribution is -0.929. The Balaban J connectivity index is 0.00000484. The van der Waals surface area contributed by atoms with Crippen LogP contribution in [0.2, 0.25) is 0 Å². The third-order valence-corrected chi connectivity index (χ3v) is 8.26. The second-order valence-corrected chi connectivity index (χ2v) is 11.6. The molecule has 0 N–H and O–H groups in total. The first kappa shape index (κ1) is 33.9. The molecule has 1 heterocycles. The third kappa shape index (κ3) is 11.6. The summed E-state index contributed by atoms with van der Waals surface area (Å²) in [6.45, 7) is 3.94. The molecule has 0 radical (unpaired) electrons. The summed E-state index contributed by atoms with van der Waals surface area (Å²) in [5.41, 5.74) is 2.37. The second kappa shape index (κ2) is 18.9. The quantitative estimate of drug-likeness (QED) is 0.0890. The monoisotopic (exact) mass is 685 g/mol. The molecule has 0 aromatic heterocycles. The Morgan fingerprint density at radius 2 is 1.19 bits per heavy atom. The molecule has 1 atom stereocenters. The fourth-order valence-electron chi connectivity index (χ4n) is 5.69. The Labute approximate surface area is 270 Å². The Morgan fingerprint density at radius 1 is 0.667 bits per heavy atom. The predicted octanol–water partition coefficient (Wildman–Crippen LogP) is 4.77. The Morgan fingerprint density at radius 3 is 1.81 bits per heavy atom. The molecule has 1 saturated heterocycles. The number of nitrogens with zero attached hydrogens (tertiary/aromatic N) is 1. The molecule has 3 aromatic rings. The molecular formula is C36H48INO4. The molecule has 228 valence electrons. The molecule has 1 aliphatic heterocycles. The largest absolute Gasteiger partial charge is 1.00 e. The number of quaternary nitrogens is 1. The van der Waals surface area contributed by atoms with E-state index in [2.05, 4.69) is 43.4 Å². The SMILES string of the molecule is C[N+]1(C(Cc2ccccc2)C(=O)OCCCCCCCCOc2ccc(OCc3ccccc3)cc2)CCCCC1.[I-]. The minimum Gasteiger partial charge on any atom is -1.00 e. The average Bonchev–Trinajstić information content (AvgIpc) is 3.01. The molecule has 4 rings (SSSR count). The number of hydrogen-bond donors (Lipinski definition) is 0. The number of piperidine rings is 1. The first-order valence-corrected chi connectivity index (χ1v) is 15.6. The van der Waals surface area contributed by atoms with Gasteiger partial charge in [-0.05, 0) is 67.5 Å². The second-order valence-electron chi connectivity index (χ2n) is 11.6. The molecule has 42 heavy (non-hydrogen) atoms. The summed E-state index contributed by atoms with van der Waals surface area (Å²) >= 11 is 0. The molecule has 1 unspecified atom stereocenters. The first-order chi connectivity index (χ1) is 20.1. The molecule has 0 aliphatic carbocycles. The van der Waals surface area contributed by atoms with E-state index < -0.39 is 0 Å². The predicted molar refractivity (Wildman–Crippen MR) is 165 cm³/mol. The van der Waals surface area contributed by atoms with Crippen LogP contribution in [0.1, 0.15) is 68.9 Å². The van der Waals surface area contributed by atoms with E-state index in [-0.39, 0.29) is 36.0 Å². The first-order valence-electron chi connectivity index (χ1n) is 15.6. The zero-order valence-electron chi connectivity index (χ0n) is 25.2. The number of unbranched alkanes of at least 4 members (excludes halogenated alkanes) is 5. The van der Waals surface area contributed by atoms with Crippen molar-refractivity contribution in [3.63, 3.8) is 0 Å². The van der Waals surface area contributed by atoms with E-state index in [0.717, 1.165) is 79.8 Å². The van der Waals surface area contributed by atoms with Crippen LogP contribution in [0.15, 0.2) is 84.9 Å². The van der Waals surface area contributed by atoms with Crippen molar-refractivity contribution >= 4 is 5.97 Å². The van der Waals surface area contributed by atoms with E-state index in [1.54, 1.807) is 0 Å². The fraction of sp³-hybridized carbons (Fsp3) is 0.472. The maximum Gasteiger partial charge on any atom is 0.365 e. The minimum absolute atomic E-state index is 0. The highest BCUT2D eigenvalue weighted by atomic mass is 127. The van der Waals surface area contributed by atoms with E-state index in [4.69, 9.17) is 14.2 Å². The maximum absolute atomic E-state index is 13.2. The van der Waals surface area contributed by atoms with Gasteiger partial charge in [-0.1, -0.05) is 86.3 Å². The Hall–Kier alpha value is -2.58. The van der Waals surface area contributed by atoms with Crippen LogP contribution in [0.3, 0.4) is 0 Å². The molecule has 1 aliphatic rings. The highest BCUT2D eigenvalue weighted by molar-refractivity contribution is 5.75. The van der Waals surface area contributed by atoms with Gasteiger partial charge in [-0.15, -0.1) is 0 Å². The molecule has 0 spiro atoms. The summed E-state index contributed by atoms with van der Waals surface area (Å²) in [7, 11) is 2.24. The molecule has 1 fully saturated rings. The molecule has 6 heteroatoms. The van der Waals surface area contributed by atoms with Gasteiger partial charge in [0, 0.05) is 6.42 Å². The third-order valence-electron chi connectivity index (χ3n) is 8.26. The van der Waals surface area contributed by atoms with E-state index in [0.29, 0.717) is 13.2 Å². The van der Waals surface area contributed by atoms with Gasteiger partial charge in [0.2, 0.25) is 0 Å². The van der Waals surface area contributed by atoms with E-state index >= 15 is 0 Å². The van der Waals surface area contributed by atoms with Crippen LogP contribution in [0, 0.1) is 0 Å². The van der Waals surface area contributed by atoms with Crippen LogP contribution < -0.4 is 33.5 Å². The standard InChI is InChI=1S/C36H48NO4.HI/c1-37(25-13-8-14-26-37)35(29-31-17-9-6-10-18-31)36(38)40-28-16-5-3-2-4-15-27-39-33-21-23-34(24-22-33)41-30-32-19-11-7-12-20-32;/h6-7,9-12,17-24,35H,2-5,8,13-16,25-30H2,1H3;1H/q+1;/p-1. The van der Waals surface area contributed by atoms with Gasteiger partial charge < -0.3 is 42.7 Å². The van der Waals surface area contributed by atoms with Gasteiger partial charge in [0.05, 0.1) is 33.4 Å². The number of hydrogen-bond acceptors (Lipinski definition) is 4. The lowest BCUT2D eigenvalue weighted by Crippen LogP contribution is -3.00. The lowest BCUT2D eigenvalue weighted by Gasteiger charge is -2.42. The molecule has 0 saturated carbocycles. The topological polar surface area (TPSA) is 44.8 Å². The van der Waals surface area contributed by atoms with E-state index in [9.17, 15) is 4.79 Å². The average molecular weight is 686 g/mol. The van der Waals surface area contributed by atoms with Crippen molar-refractivity contribution in [1.29, 1.82) is 0 Å². The molecule has 0 bridgehead atoms. The number of carbonyl (C=O) groups excluding carboxylic acids is 1. The molecular weight excluding hydrogens is 637 g/mol. The lowest BCUT2D eigenvalue weighted by atomic mass is 9.98. The van der Waals surface area contributed by atoms with E-state index in [1.807, 2.05) is 48.5 Å². The van der Waals surface area contributed by atoms with Gasteiger partial charge in [-0.25, -0.2) is 4.79 Å². The number of esters is 1. The zero-order chi connectivity index (χ0) is 28.6. The summed E-state index contributed by atoms with van der Waals surface area (Å²) in [6, 6.07) is 28.3. The van der Waals surface area contributed by atoms with Gasteiger partial charge in [-0.2, -0.15) is 0 Å². The molecule has 0 amide bonds. The molecule has 3 aromatic carbocycles. The molecule has 5 nitrogen and oxygen atoms in total. The van der Waals surface area contributed by atoms with Crippen LogP contribution in [-0.4, -0.2) is 49.8 Å². The Kier molecular flexibility index (Phi) is 15.2. The summed E-state index contributed by atoms with van der Waals surface area (Å²) in [6.07, 6.45) is 11.0. The number of likely N-dealkylation sites (N-methyl/N-ethyl adjacent to an activating group) is 1. The summed E-state index contributed by atoms with van der Waals surface area (Å²) in [5.74, 6) is 1.71. The highest BCUT2D eigenvalue weighted by Gasteiger charge is 2.40. The number of ether oxygens (including phenoxy) is 3. The van der Waals surface area contributed by atoms with Crippen LogP contribution in [0.4, 0.5) is 0 Å². The Bertz CT molecular complexity index is 1130. The van der Waals surface area contributed by atoms with E-state index in [1.165, 1.54) is 31.2 Å². The number of likely N-dealkylation sites (tertiary alicyclic amines) is 1. The maximum atomic E-state index is 13.2. The van der Waals surface area contributed by atoms with Crippen molar-refractivity contribution in [1.82, 2.24) is 0 Å². The zero-order valence-corrected chi connectivity index (χ0v) is 27.4. The normalized spacial score (nSPS) is 14.8. The minimum atomic E-state index is -0.115. The number of benzene rings is 3. The number of halogens is 1. The van der Waals surface area contributed by atoms with Gasteiger partial charge in [0.1, 0.15) is 18.1 Å². The van der Waals surface area contributed by atoms with Crippen molar-refractivity contribution in [3.8, 4) is 11.5 Å². The van der Waals surface area contributed by atoms with Crippen LogP contribution in [-0.2, 0) is 22.6 Å². The summed E-state index contributed by atoms with van der Waals surface area (Å²) in [4.78, 5) is 13.2. The van der Waals surface area contributed by atoms with Crippen LogP contribution in [0.25, 0.3) is 0 Å². The van der Waals surface area contributed by atoms with Gasteiger partial charge in [0.15, 0.2) is 6.04 Å². The van der Waals surface area contributed by atoms with Crippen molar-refractivity contribution < 1.29 is 47.5 Å². The smallest absolute Gasteiger partial charge is 0.365 e. The summed E-state index contributed by atoms with van der Waals surface area (Å²) in [5, 5.41) is 0. The van der Waals surface area contributed by atoms with Crippen LogP contribution in [0.5, 0.6) is 11.5 Å². The van der Waals surface area contributed by atoms with Crippen molar-refractivity contribution in [2.75, 3.05) is 33.4 Å². The van der Waals surface area contributed by atoms with Gasteiger partial charge in [-0.3, -0.25) is 0 Å². The summed E-state index contributed by atoms with van der Waals surface area (Å²) < 4.78 is 18.4. The highest BCUT2D eigenvalue weighted by Crippen LogP contribution is 2.24. The fourth-order valence-corrected chi connectivity index (χ4v) is 5.69. The van der Waals surface area contributed by atoms with Gasteiger partial charge >= 0.3 is 5.97 Å². The van der Waals surface area contributed by atoms with Crippen molar-refractivity contribution in [2.45, 2.75) is 76.9 Å². The van der Waals surface area contributed by atoms with Crippen LogP contribution >= 0.6 is 0 Å². The van der Waals surface area contributed by atoms with Gasteiger partial charge in [0.25, 0.3) is 0 Å². The van der Waals surface area contributed by atoms with Crippen molar-refractivity contribution in [2.24, 2.45) is 0 Å². The number of rotatable bonds is 17. The van der Waals surface area contributed by atoms with Crippen molar-refractivity contribution in [3.05, 3.63) is 96.1 Å². The number of carbonyl (C=O) groups is 1.